The van der Waals surface area contributed by atoms with Gasteiger partial charge in [0.05, 0.1) is 19.8 Å². The lowest BCUT2D eigenvalue weighted by atomic mass is 10.1. The summed E-state index contributed by atoms with van der Waals surface area (Å²) in [6.07, 6.45) is 1.67. The predicted molar refractivity (Wildman–Crippen MR) is 125 cm³/mol. The van der Waals surface area contributed by atoms with Gasteiger partial charge in [-0.05, 0) is 36.8 Å². The fourth-order valence-electron chi connectivity index (χ4n) is 3.21. The highest BCUT2D eigenvalue weighted by Gasteiger charge is 2.28. The number of ether oxygens (including phenoxy) is 3. The van der Waals surface area contributed by atoms with Crippen LogP contribution in [0.3, 0.4) is 0 Å². The van der Waals surface area contributed by atoms with Gasteiger partial charge >= 0.3 is 0 Å². The Morgan fingerprint density at radius 2 is 2.00 bits per heavy atom. The highest BCUT2D eigenvalue weighted by Crippen LogP contribution is 2.42. The van der Waals surface area contributed by atoms with Crippen molar-refractivity contribution in [1.29, 1.82) is 0 Å². The van der Waals surface area contributed by atoms with Crippen LogP contribution in [0.25, 0.3) is 11.3 Å². The van der Waals surface area contributed by atoms with Crippen LogP contribution in [-0.2, 0) is 0 Å². The Morgan fingerprint density at radius 1 is 1.13 bits per heavy atom. The van der Waals surface area contributed by atoms with Gasteiger partial charge in [0.25, 0.3) is 0 Å². The van der Waals surface area contributed by atoms with E-state index in [1.807, 2.05) is 36.4 Å². The van der Waals surface area contributed by atoms with Crippen LogP contribution in [0.15, 0.2) is 46.0 Å². The Bertz CT molecular complexity index is 1080. The number of hydrogen-bond donors (Lipinski definition) is 1. The SMILES string of the molecule is CCCCSc1nnc2c(n1)OC(c1ccc(OC)cc1OC)Nc1ccc(Br)cc1-2. The first-order valence-corrected chi connectivity index (χ1v) is 11.7. The van der Waals surface area contributed by atoms with Crippen molar-refractivity contribution >= 4 is 33.4 Å². The van der Waals surface area contributed by atoms with Crippen LogP contribution >= 0.6 is 27.7 Å². The van der Waals surface area contributed by atoms with Gasteiger partial charge in [0, 0.05) is 27.5 Å². The van der Waals surface area contributed by atoms with Crippen molar-refractivity contribution in [3.63, 3.8) is 0 Å². The quantitative estimate of drug-likeness (QED) is 0.324. The van der Waals surface area contributed by atoms with Crippen LogP contribution in [0.1, 0.15) is 31.6 Å². The number of thioether (sulfide) groups is 1. The molecule has 1 N–H and O–H groups in total. The molecule has 0 radical (unpaired) electrons. The van der Waals surface area contributed by atoms with Gasteiger partial charge in [-0.25, -0.2) is 0 Å². The van der Waals surface area contributed by atoms with Crippen molar-refractivity contribution in [3.8, 4) is 28.6 Å². The Morgan fingerprint density at radius 3 is 2.77 bits per heavy atom. The van der Waals surface area contributed by atoms with Crippen molar-refractivity contribution < 1.29 is 14.2 Å². The second kappa shape index (κ2) is 9.74. The zero-order chi connectivity index (χ0) is 21.8. The summed E-state index contributed by atoms with van der Waals surface area (Å²) in [5.74, 6) is 2.73. The maximum absolute atomic E-state index is 6.35. The van der Waals surface area contributed by atoms with Gasteiger partial charge in [0.2, 0.25) is 17.3 Å². The van der Waals surface area contributed by atoms with E-state index in [9.17, 15) is 0 Å². The Kier molecular flexibility index (Phi) is 6.82. The summed E-state index contributed by atoms with van der Waals surface area (Å²) < 4.78 is 18.2. The first-order chi connectivity index (χ1) is 15.1. The number of fused-ring (bicyclic) bond motifs is 3. The van der Waals surface area contributed by atoms with E-state index in [1.165, 1.54) is 0 Å². The molecule has 1 aromatic heterocycles. The molecule has 1 aliphatic rings. The lowest BCUT2D eigenvalue weighted by molar-refractivity contribution is 0.219. The zero-order valence-corrected chi connectivity index (χ0v) is 19.9. The van der Waals surface area contributed by atoms with E-state index in [0.29, 0.717) is 28.2 Å². The number of hydrogen-bond acceptors (Lipinski definition) is 8. The molecular formula is C22H23BrN4O3S. The third-order valence-corrected chi connectivity index (χ3v) is 6.26. The van der Waals surface area contributed by atoms with E-state index in [4.69, 9.17) is 14.2 Å². The summed E-state index contributed by atoms with van der Waals surface area (Å²) in [5, 5.41) is 12.9. The predicted octanol–water partition coefficient (Wildman–Crippen LogP) is 5.71. The van der Waals surface area contributed by atoms with Crippen molar-refractivity contribution in [2.45, 2.75) is 31.1 Å². The van der Waals surface area contributed by atoms with Gasteiger partial charge in [-0.15, -0.1) is 10.2 Å². The molecule has 0 spiro atoms. The molecular weight excluding hydrogens is 480 g/mol. The number of nitrogens with zero attached hydrogens (tertiary/aromatic N) is 3. The van der Waals surface area contributed by atoms with Crippen molar-refractivity contribution in [2.24, 2.45) is 0 Å². The summed E-state index contributed by atoms with van der Waals surface area (Å²) in [6, 6.07) is 11.6. The van der Waals surface area contributed by atoms with E-state index in [2.05, 4.69) is 43.4 Å². The van der Waals surface area contributed by atoms with Crippen LogP contribution in [-0.4, -0.2) is 35.2 Å². The average Bonchev–Trinajstić information content (AvgIpc) is 2.95. The van der Waals surface area contributed by atoms with Crippen LogP contribution in [0.4, 0.5) is 5.69 Å². The standard InChI is InChI=1S/C22H23BrN4O3S/c1-4-5-10-31-22-25-21-19(26-27-22)16-11-13(23)6-9-17(16)24-20(30-21)15-8-7-14(28-2)12-18(15)29-3/h6-9,11-12,20,24H,4-5,10H2,1-3H3. The van der Waals surface area contributed by atoms with E-state index in [0.717, 1.165) is 39.9 Å². The van der Waals surface area contributed by atoms with Crippen molar-refractivity contribution in [1.82, 2.24) is 15.2 Å². The number of anilines is 1. The first kappa shape index (κ1) is 21.7. The Labute approximate surface area is 194 Å². The van der Waals surface area contributed by atoms with E-state index in [1.54, 1.807) is 26.0 Å². The van der Waals surface area contributed by atoms with E-state index in [-0.39, 0.29) is 0 Å². The lowest BCUT2D eigenvalue weighted by Crippen LogP contribution is -2.18. The zero-order valence-electron chi connectivity index (χ0n) is 17.5. The Hall–Kier alpha value is -2.52. The van der Waals surface area contributed by atoms with Crippen LogP contribution < -0.4 is 19.5 Å². The van der Waals surface area contributed by atoms with Gasteiger partial charge in [-0.2, -0.15) is 4.98 Å². The summed E-state index contributed by atoms with van der Waals surface area (Å²) in [4.78, 5) is 4.68. The monoisotopic (exact) mass is 502 g/mol. The smallest absolute Gasteiger partial charge is 0.247 e. The molecule has 162 valence electrons. The topological polar surface area (TPSA) is 78.4 Å². The first-order valence-electron chi connectivity index (χ1n) is 9.95. The second-order valence-electron chi connectivity index (χ2n) is 6.89. The molecule has 1 atom stereocenters. The van der Waals surface area contributed by atoms with Crippen LogP contribution in [0, 0.1) is 0 Å². The summed E-state index contributed by atoms with van der Waals surface area (Å²) in [6.45, 7) is 2.16. The third kappa shape index (κ3) is 4.72. The maximum Gasteiger partial charge on any atom is 0.247 e. The number of benzene rings is 2. The van der Waals surface area contributed by atoms with Gasteiger partial charge in [0.1, 0.15) is 11.5 Å². The number of aromatic nitrogens is 3. The van der Waals surface area contributed by atoms with E-state index < -0.39 is 6.23 Å². The highest BCUT2D eigenvalue weighted by molar-refractivity contribution is 9.10. The molecule has 0 aliphatic carbocycles. The van der Waals surface area contributed by atoms with Gasteiger partial charge in [0.15, 0.2) is 5.69 Å². The van der Waals surface area contributed by atoms with Crippen molar-refractivity contribution in [3.05, 3.63) is 46.4 Å². The fraction of sp³-hybridized carbons (Fsp3) is 0.318. The lowest BCUT2D eigenvalue weighted by Gasteiger charge is -2.21. The molecule has 7 nitrogen and oxygen atoms in total. The normalized spacial score (nSPS) is 14.5. The van der Waals surface area contributed by atoms with E-state index >= 15 is 0 Å². The summed E-state index contributed by atoms with van der Waals surface area (Å²) in [7, 11) is 3.25. The molecule has 0 bridgehead atoms. The molecule has 9 heteroatoms. The number of rotatable bonds is 7. The molecule has 0 saturated carbocycles. The van der Waals surface area contributed by atoms with Crippen LogP contribution in [0.5, 0.6) is 17.4 Å². The second-order valence-corrected chi connectivity index (χ2v) is 8.87. The molecule has 2 aromatic carbocycles. The largest absolute Gasteiger partial charge is 0.497 e. The molecule has 1 unspecified atom stereocenters. The molecule has 3 aromatic rings. The fourth-order valence-corrected chi connectivity index (χ4v) is 4.44. The van der Waals surface area contributed by atoms with Gasteiger partial charge in [-0.3, -0.25) is 0 Å². The van der Waals surface area contributed by atoms with Crippen molar-refractivity contribution in [2.75, 3.05) is 25.3 Å². The van der Waals surface area contributed by atoms with Gasteiger partial charge in [-0.1, -0.05) is 41.0 Å². The number of nitrogens with one attached hydrogen (secondary N) is 1. The minimum Gasteiger partial charge on any atom is -0.497 e. The number of halogens is 1. The Balaban J connectivity index is 1.78. The average molecular weight is 503 g/mol. The summed E-state index contributed by atoms with van der Waals surface area (Å²) >= 11 is 5.13. The van der Waals surface area contributed by atoms with Crippen LogP contribution in [0.2, 0.25) is 0 Å². The number of methoxy groups -OCH3 is 2. The maximum atomic E-state index is 6.35. The summed E-state index contributed by atoms with van der Waals surface area (Å²) in [5.41, 5.74) is 3.15. The molecule has 1 aliphatic heterocycles. The molecule has 0 amide bonds. The minimum absolute atomic E-state index is 0.432. The molecule has 4 rings (SSSR count). The third-order valence-electron chi connectivity index (χ3n) is 4.84. The molecule has 0 saturated heterocycles. The molecule has 31 heavy (non-hydrogen) atoms. The molecule has 2 heterocycles. The number of unbranched alkanes of at least 4 members (excludes halogenated alkanes) is 1. The minimum atomic E-state index is -0.535. The highest BCUT2D eigenvalue weighted by atomic mass is 79.9. The molecule has 0 fully saturated rings. The van der Waals surface area contributed by atoms with Gasteiger partial charge < -0.3 is 19.5 Å².